The second-order valence-corrected chi connectivity index (χ2v) is 6.10. The molecule has 2 heterocycles. The first-order valence-corrected chi connectivity index (χ1v) is 8.65. The fourth-order valence-electron chi connectivity index (χ4n) is 2.40. The summed E-state index contributed by atoms with van der Waals surface area (Å²) in [7, 11) is 0. The van der Waals surface area contributed by atoms with Gasteiger partial charge in [-0.1, -0.05) is 0 Å². The molecule has 0 spiro atoms. The minimum atomic E-state index is 0.601. The summed E-state index contributed by atoms with van der Waals surface area (Å²) in [4.78, 5) is 13.4. The Morgan fingerprint density at radius 3 is 2.60 bits per heavy atom. The van der Waals surface area contributed by atoms with Crippen molar-refractivity contribution in [2.45, 2.75) is 13.0 Å². The Hall–Kier alpha value is -0.850. The van der Waals surface area contributed by atoms with E-state index in [9.17, 15) is 0 Å². The largest absolute Gasteiger partial charge is 0.338 e. The van der Waals surface area contributed by atoms with Crippen LogP contribution in [0.1, 0.15) is 6.92 Å². The van der Waals surface area contributed by atoms with Crippen LogP contribution >= 0.6 is 11.8 Å². The van der Waals surface area contributed by atoms with E-state index in [0.717, 1.165) is 45.2 Å². The molecule has 2 rings (SSSR count). The van der Waals surface area contributed by atoms with E-state index in [4.69, 9.17) is 0 Å². The fraction of sp³-hybridized carbons (Fsp3) is 0.714. The molecule has 1 aromatic rings. The Morgan fingerprint density at radius 2 is 1.95 bits per heavy atom. The van der Waals surface area contributed by atoms with Crippen LogP contribution in [0.25, 0.3) is 0 Å². The monoisotopic (exact) mass is 295 g/mol. The summed E-state index contributed by atoms with van der Waals surface area (Å²) in [6.45, 7) is 8.68. The van der Waals surface area contributed by atoms with Gasteiger partial charge in [0, 0.05) is 63.5 Å². The first-order chi connectivity index (χ1) is 9.79. The molecule has 1 atom stereocenters. The van der Waals surface area contributed by atoms with Crippen molar-refractivity contribution in [3.05, 3.63) is 18.5 Å². The van der Waals surface area contributed by atoms with Crippen LogP contribution in [0.3, 0.4) is 0 Å². The SMILES string of the molecule is CSCC(C)NCCN1CCN(c2ncccn2)CC1. The van der Waals surface area contributed by atoms with Crippen LogP contribution in [0.2, 0.25) is 0 Å². The van der Waals surface area contributed by atoms with Gasteiger partial charge < -0.3 is 10.2 Å². The van der Waals surface area contributed by atoms with Gasteiger partial charge in [-0.2, -0.15) is 11.8 Å². The quantitative estimate of drug-likeness (QED) is 0.808. The third-order valence-electron chi connectivity index (χ3n) is 3.54. The highest BCUT2D eigenvalue weighted by Gasteiger charge is 2.18. The Bertz CT molecular complexity index is 367. The molecule has 0 radical (unpaired) electrons. The van der Waals surface area contributed by atoms with Crippen molar-refractivity contribution in [1.82, 2.24) is 20.2 Å². The van der Waals surface area contributed by atoms with Gasteiger partial charge in [0.1, 0.15) is 0 Å². The van der Waals surface area contributed by atoms with Gasteiger partial charge in [0.25, 0.3) is 0 Å². The van der Waals surface area contributed by atoms with Crippen LogP contribution in [-0.2, 0) is 0 Å². The second-order valence-electron chi connectivity index (χ2n) is 5.19. The molecule has 1 aromatic heterocycles. The average molecular weight is 295 g/mol. The Balaban J connectivity index is 1.65. The molecule has 1 fully saturated rings. The van der Waals surface area contributed by atoms with E-state index in [0.29, 0.717) is 6.04 Å². The van der Waals surface area contributed by atoms with Crippen molar-refractivity contribution >= 4 is 17.7 Å². The van der Waals surface area contributed by atoms with E-state index in [1.54, 1.807) is 0 Å². The zero-order chi connectivity index (χ0) is 14.2. The number of nitrogens with zero attached hydrogens (tertiary/aromatic N) is 4. The highest BCUT2D eigenvalue weighted by Crippen LogP contribution is 2.09. The number of thioether (sulfide) groups is 1. The maximum absolute atomic E-state index is 4.31. The lowest BCUT2D eigenvalue weighted by atomic mass is 10.3. The van der Waals surface area contributed by atoms with Gasteiger partial charge in [0.05, 0.1) is 0 Å². The summed E-state index contributed by atoms with van der Waals surface area (Å²) in [5.41, 5.74) is 0. The predicted molar refractivity (Wildman–Crippen MR) is 86.5 cm³/mol. The lowest BCUT2D eigenvalue weighted by Gasteiger charge is -2.34. The minimum absolute atomic E-state index is 0.601. The Kier molecular flexibility index (Phi) is 6.56. The van der Waals surface area contributed by atoms with Gasteiger partial charge >= 0.3 is 0 Å². The molecule has 1 aliphatic heterocycles. The normalized spacial score (nSPS) is 18.2. The van der Waals surface area contributed by atoms with Gasteiger partial charge in [-0.05, 0) is 19.2 Å². The standard InChI is InChI=1S/C14H25N5S/c1-13(12-20-2)15-6-7-18-8-10-19(11-9-18)14-16-4-3-5-17-14/h3-5,13,15H,6-12H2,1-2H3. The smallest absolute Gasteiger partial charge is 0.225 e. The van der Waals surface area contributed by atoms with Gasteiger partial charge in [-0.25, -0.2) is 9.97 Å². The first-order valence-electron chi connectivity index (χ1n) is 7.26. The van der Waals surface area contributed by atoms with Gasteiger partial charge in [0.2, 0.25) is 5.95 Å². The summed E-state index contributed by atoms with van der Waals surface area (Å²) >= 11 is 1.90. The average Bonchev–Trinajstić information content (AvgIpc) is 2.49. The number of anilines is 1. The molecular formula is C14H25N5S. The molecule has 6 heteroatoms. The second kappa shape index (κ2) is 8.44. The molecule has 0 aliphatic carbocycles. The maximum atomic E-state index is 4.31. The van der Waals surface area contributed by atoms with E-state index in [2.05, 4.69) is 38.3 Å². The molecule has 1 saturated heterocycles. The molecule has 1 unspecified atom stereocenters. The van der Waals surface area contributed by atoms with Crippen LogP contribution in [-0.4, -0.2) is 72.2 Å². The number of hydrogen-bond donors (Lipinski definition) is 1. The number of aromatic nitrogens is 2. The van der Waals surface area contributed by atoms with Crippen LogP contribution in [0, 0.1) is 0 Å². The van der Waals surface area contributed by atoms with Crippen LogP contribution in [0.4, 0.5) is 5.95 Å². The third-order valence-corrected chi connectivity index (χ3v) is 4.38. The summed E-state index contributed by atoms with van der Waals surface area (Å²) in [6.07, 6.45) is 5.78. The summed E-state index contributed by atoms with van der Waals surface area (Å²) in [5.74, 6) is 2.04. The maximum Gasteiger partial charge on any atom is 0.225 e. The molecule has 5 nitrogen and oxygen atoms in total. The number of hydrogen-bond acceptors (Lipinski definition) is 6. The lowest BCUT2D eigenvalue weighted by molar-refractivity contribution is 0.254. The van der Waals surface area contributed by atoms with Crippen molar-refractivity contribution in [3.63, 3.8) is 0 Å². The fourth-order valence-corrected chi connectivity index (χ4v) is 3.02. The Morgan fingerprint density at radius 1 is 1.25 bits per heavy atom. The summed E-state index contributed by atoms with van der Waals surface area (Å²) < 4.78 is 0. The highest BCUT2D eigenvalue weighted by atomic mass is 32.2. The molecule has 0 saturated carbocycles. The first kappa shape index (κ1) is 15.5. The predicted octanol–water partition coefficient (Wildman–Crippen LogP) is 0.940. The van der Waals surface area contributed by atoms with Crippen molar-refractivity contribution in [2.24, 2.45) is 0 Å². The molecule has 0 bridgehead atoms. The molecule has 0 amide bonds. The third kappa shape index (κ3) is 4.92. The molecule has 1 N–H and O–H groups in total. The number of rotatable bonds is 7. The zero-order valence-corrected chi connectivity index (χ0v) is 13.3. The van der Waals surface area contributed by atoms with Crippen molar-refractivity contribution in [1.29, 1.82) is 0 Å². The lowest BCUT2D eigenvalue weighted by Crippen LogP contribution is -2.49. The van der Waals surface area contributed by atoms with Crippen LogP contribution < -0.4 is 10.2 Å². The number of piperazine rings is 1. The van der Waals surface area contributed by atoms with Gasteiger partial charge in [0.15, 0.2) is 0 Å². The molecule has 112 valence electrons. The molecule has 20 heavy (non-hydrogen) atoms. The summed E-state index contributed by atoms with van der Waals surface area (Å²) in [5, 5.41) is 3.57. The van der Waals surface area contributed by atoms with Gasteiger partial charge in [-0.15, -0.1) is 0 Å². The van der Waals surface area contributed by atoms with Crippen LogP contribution in [0.5, 0.6) is 0 Å². The van der Waals surface area contributed by atoms with E-state index in [1.807, 2.05) is 30.2 Å². The number of nitrogens with one attached hydrogen (secondary N) is 1. The molecule has 1 aliphatic rings. The highest BCUT2D eigenvalue weighted by molar-refractivity contribution is 7.98. The van der Waals surface area contributed by atoms with Crippen molar-refractivity contribution in [2.75, 3.05) is 56.2 Å². The van der Waals surface area contributed by atoms with Crippen LogP contribution in [0.15, 0.2) is 18.5 Å². The Labute approximate surface area is 126 Å². The van der Waals surface area contributed by atoms with Crippen molar-refractivity contribution < 1.29 is 0 Å². The molecular weight excluding hydrogens is 270 g/mol. The summed E-state index contributed by atoms with van der Waals surface area (Å²) in [6, 6.07) is 2.46. The minimum Gasteiger partial charge on any atom is -0.338 e. The van der Waals surface area contributed by atoms with E-state index in [1.165, 1.54) is 5.75 Å². The topological polar surface area (TPSA) is 44.3 Å². The van der Waals surface area contributed by atoms with E-state index >= 15 is 0 Å². The van der Waals surface area contributed by atoms with Gasteiger partial charge in [-0.3, -0.25) is 4.90 Å². The van der Waals surface area contributed by atoms with E-state index < -0.39 is 0 Å². The van der Waals surface area contributed by atoms with E-state index in [-0.39, 0.29) is 0 Å². The van der Waals surface area contributed by atoms with Crippen molar-refractivity contribution in [3.8, 4) is 0 Å². The molecule has 0 aromatic carbocycles. The zero-order valence-electron chi connectivity index (χ0n) is 12.5.